The Morgan fingerprint density at radius 2 is 2.05 bits per heavy atom. The first-order valence-electron chi connectivity index (χ1n) is 12.1. The van der Waals surface area contributed by atoms with E-state index in [4.69, 9.17) is 11.6 Å². The molecule has 2 aromatic heterocycles. The van der Waals surface area contributed by atoms with Crippen LogP contribution in [0.3, 0.4) is 0 Å². The minimum Gasteiger partial charge on any atom is -0.323 e. The fraction of sp³-hybridized carbons (Fsp3) is 0.500. The smallest absolute Gasteiger partial charge is 0.323 e. The summed E-state index contributed by atoms with van der Waals surface area (Å²) in [4.78, 5) is 30.8. The van der Waals surface area contributed by atoms with Gasteiger partial charge in [-0.15, -0.1) is 5.10 Å². The number of piperidine rings is 1. The molecule has 1 spiro atoms. The van der Waals surface area contributed by atoms with Crippen LogP contribution in [-0.4, -0.2) is 37.7 Å². The molecule has 5 rings (SSSR count). The van der Waals surface area contributed by atoms with E-state index >= 15 is 0 Å². The second-order valence-corrected chi connectivity index (χ2v) is 10.3. The van der Waals surface area contributed by atoms with Crippen molar-refractivity contribution in [1.29, 1.82) is 0 Å². The number of carbonyl (C=O) groups is 1. The van der Waals surface area contributed by atoms with Crippen LogP contribution in [-0.2, 0) is 29.4 Å². The summed E-state index contributed by atoms with van der Waals surface area (Å²) in [5.74, 6) is -0.300. The molecule has 2 atom stereocenters. The zero-order chi connectivity index (χ0) is 27.1. The van der Waals surface area contributed by atoms with Crippen LogP contribution in [0.4, 0.5) is 18.9 Å². The maximum Gasteiger partial charge on any atom is 0.416 e. The van der Waals surface area contributed by atoms with Gasteiger partial charge in [-0.3, -0.25) is 9.59 Å². The zero-order valence-corrected chi connectivity index (χ0v) is 22.9. The van der Waals surface area contributed by atoms with Gasteiger partial charge in [-0.1, -0.05) is 25.4 Å². The number of benzene rings is 1. The van der Waals surface area contributed by atoms with Crippen LogP contribution in [0.2, 0.25) is 5.02 Å². The molecule has 13 heteroatoms. The van der Waals surface area contributed by atoms with Crippen molar-refractivity contribution >= 4 is 44.9 Å². The lowest BCUT2D eigenvalue weighted by Gasteiger charge is -2.37. The summed E-state index contributed by atoms with van der Waals surface area (Å²) in [5, 5.41) is 9.97. The summed E-state index contributed by atoms with van der Waals surface area (Å²) < 4.78 is 41.9. The first kappa shape index (κ1) is 27.6. The normalized spacial score (nSPS) is 21.0. The number of aromatic nitrogens is 4. The lowest BCUT2D eigenvalue weighted by atomic mass is 9.72. The van der Waals surface area contributed by atoms with Crippen molar-refractivity contribution in [2.24, 2.45) is 0 Å². The van der Waals surface area contributed by atoms with Crippen LogP contribution in [0.25, 0.3) is 5.78 Å². The van der Waals surface area contributed by atoms with Gasteiger partial charge in [0, 0.05) is 22.7 Å². The SMILES string of the molecule is CC.CC1CC2(CCN1)CCc1c2c(=O)n2nc(Br)nc2n1CC(=O)Nc1ccc(C(F)(F)F)cc1Cl. The highest BCUT2D eigenvalue weighted by Crippen LogP contribution is 2.45. The molecule has 0 bridgehead atoms. The van der Waals surface area contributed by atoms with Crippen LogP contribution in [0.5, 0.6) is 0 Å². The largest absolute Gasteiger partial charge is 0.416 e. The molecule has 2 aliphatic rings. The number of nitrogens with one attached hydrogen (secondary N) is 2. The number of nitrogens with zero attached hydrogens (tertiary/aromatic N) is 4. The van der Waals surface area contributed by atoms with E-state index in [2.05, 4.69) is 43.6 Å². The number of fused-ring (bicyclic) bond motifs is 3. The monoisotopic (exact) mass is 602 g/mol. The number of rotatable bonds is 3. The van der Waals surface area contributed by atoms with Gasteiger partial charge in [0.2, 0.25) is 16.4 Å². The molecule has 3 heterocycles. The summed E-state index contributed by atoms with van der Waals surface area (Å²) in [6.07, 6.45) is -1.56. The molecule has 1 aliphatic heterocycles. The average Bonchev–Trinajstić information content (AvgIpc) is 3.40. The first-order chi connectivity index (χ1) is 17.5. The third kappa shape index (κ3) is 5.15. The summed E-state index contributed by atoms with van der Waals surface area (Å²) in [6, 6.07) is 2.98. The number of carbonyl (C=O) groups excluding carboxylic acids is 1. The topological polar surface area (TPSA) is 93.3 Å². The van der Waals surface area contributed by atoms with Gasteiger partial charge in [-0.25, -0.2) is 0 Å². The van der Waals surface area contributed by atoms with Crippen molar-refractivity contribution in [2.75, 3.05) is 11.9 Å². The van der Waals surface area contributed by atoms with Gasteiger partial charge < -0.3 is 15.2 Å². The van der Waals surface area contributed by atoms with Crippen molar-refractivity contribution in [3.63, 3.8) is 0 Å². The van der Waals surface area contributed by atoms with E-state index < -0.39 is 17.6 Å². The van der Waals surface area contributed by atoms with Gasteiger partial charge >= 0.3 is 6.18 Å². The molecule has 1 saturated heterocycles. The molecular formula is C24H27BrClF3N6O2. The maximum atomic E-state index is 13.5. The summed E-state index contributed by atoms with van der Waals surface area (Å²) in [5.41, 5.74) is 0.0157. The van der Waals surface area contributed by atoms with E-state index in [0.717, 1.165) is 49.7 Å². The number of hydrogen-bond donors (Lipinski definition) is 2. The van der Waals surface area contributed by atoms with Crippen LogP contribution < -0.4 is 16.2 Å². The number of anilines is 1. The molecule has 1 aromatic carbocycles. The lowest BCUT2D eigenvalue weighted by Crippen LogP contribution is -2.46. The second-order valence-electron chi connectivity index (χ2n) is 9.14. The standard InChI is InChI=1S/C22H21BrClF3N6O2.C2H6/c1-11-9-21(6-7-28-11)5-4-15-17(21)18(35)33-20(30-19(23)31-33)32(15)10-16(34)29-14-3-2-12(8-13(14)24)22(25,26)27;1-2/h2-3,8,11,28H,4-7,9-10H2,1H3,(H,29,34);1-2H3. The molecule has 1 aliphatic carbocycles. The van der Waals surface area contributed by atoms with E-state index in [9.17, 15) is 22.8 Å². The highest BCUT2D eigenvalue weighted by molar-refractivity contribution is 9.10. The third-order valence-corrected chi connectivity index (χ3v) is 7.51. The van der Waals surface area contributed by atoms with Crippen molar-refractivity contribution in [3.8, 4) is 0 Å². The first-order valence-corrected chi connectivity index (χ1v) is 13.2. The van der Waals surface area contributed by atoms with Crippen LogP contribution >= 0.6 is 27.5 Å². The van der Waals surface area contributed by atoms with E-state index in [-0.39, 0.29) is 44.8 Å². The van der Waals surface area contributed by atoms with Gasteiger partial charge in [0.25, 0.3) is 5.56 Å². The summed E-state index contributed by atoms with van der Waals surface area (Å²) >= 11 is 9.22. The number of halogens is 5. The second kappa shape index (κ2) is 10.4. The molecule has 3 aromatic rings. The zero-order valence-electron chi connectivity index (χ0n) is 20.5. The number of amides is 1. The molecule has 8 nitrogen and oxygen atoms in total. The van der Waals surface area contributed by atoms with Gasteiger partial charge in [0.15, 0.2) is 0 Å². The van der Waals surface area contributed by atoms with Crippen molar-refractivity contribution in [1.82, 2.24) is 24.5 Å². The van der Waals surface area contributed by atoms with E-state index in [0.29, 0.717) is 12.0 Å². The Balaban J connectivity index is 0.00000156. The molecular weight excluding hydrogens is 577 g/mol. The fourth-order valence-corrected chi connectivity index (χ4v) is 5.96. The highest BCUT2D eigenvalue weighted by Gasteiger charge is 2.45. The Kier molecular flexibility index (Phi) is 7.74. The van der Waals surface area contributed by atoms with Crippen LogP contribution in [0.1, 0.15) is 56.9 Å². The quantitative estimate of drug-likeness (QED) is 0.442. The Morgan fingerprint density at radius 1 is 1.32 bits per heavy atom. The Bertz CT molecular complexity index is 1410. The lowest BCUT2D eigenvalue weighted by molar-refractivity contribution is -0.137. The average molecular weight is 604 g/mol. The molecule has 1 fully saturated rings. The summed E-state index contributed by atoms with van der Waals surface area (Å²) in [6.45, 7) is 6.66. The molecule has 2 N–H and O–H groups in total. The minimum atomic E-state index is -4.54. The Labute approximate surface area is 224 Å². The Hall–Kier alpha value is -2.44. The van der Waals surface area contributed by atoms with Crippen molar-refractivity contribution < 1.29 is 18.0 Å². The molecule has 2 unspecified atom stereocenters. The van der Waals surface area contributed by atoms with Gasteiger partial charge in [0.1, 0.15) is 6.54 Å². The highest BCUT2D eigenvalue weighted by atomic mass is 79.9. The number of hydrogen-bond acceptors (Lipinski definition) is 5. The van der Waals surface area contributed by atoms with E-state index in [1.807, 2.05) is 13.8 Å². The predicted molar refractivity (Wildman–Crippen MR) is 138 cm³/mol. The number of alkyl halides is 3. The maximum absolute atomic E-state index is 13.5. The van der Waals surface area contributed by atoms with Crippen molar-refractivity contribution in [3.05, 3.63) is 55.1 Å². The fourth-order valence-electron chi connectivity index (χ4n) is 5.42. The molecule has 0 radical (unpaired) electrons. The van der Waals surface area contributed by atoms with Gasteiger partial charge in [0.05, 0.1) is 16.3 Å². The third-order valence-electron chi connectivity index (χ3n) is 6.86. The molecule has 1 amide bonds. The van der Waals surface area contributed by atoms with Gasteiger partial charge in [-0.05, 0) is 73.3 Å². The minimum absolute atomic E-state index is 0.0599. The summed E-state index contributed by atoms with van der Waals surface area (Å²) in [7, 11) is 0. The Morgan fingerprint density at radius 3 is 2.70 bits per heavy atom. The van der Waals surface area contributed by atoms with E-state index in [1.165, 1.54) is 4.52 Å². The van der Waals surface area contributed by atoms with E-state index in [1.54, 1.807) is 4.57 Å². The van der Waals surface area contributed by atoms with Crippen LogP contribution in [0.15, 0.2) is 27.7 Å². The van der Waals surface area contributed by atoms with Crippen molar-refractivity contribution in [2.45, 2.75) is 70.6 Å². The predicted octanol–water partition coefficient (Wildman–Crippen LogP) is 4.95. The molecule has 200 valence electrons. The van der Waals surface area contributed by atoms with Crippen LogP contribution in [0, 0.1) is 0 Å². The molecule has 37 heavy (non-hydrogen) atoms. The molecule has 0 saturated carbocycles. The van der Waals surface area contributed by atoms with Gasteiger partial charge in [-0.2, -0.15) is 22.7 Å².